The topological polar surface area (TPSA) is 20.2 Å². The monoisotopic (exact) mass is 399 g/mol. The molecule has 0 bridgehead atoms. The summed E-state index contributed by atoms with van der Waals surface area (Å²) in [6.07, 6.45) is 0. The molecule has 1 N–H and O–H groups in total. The van der Waals surface area contributed by atoms with Gasteiger partial charge < -0.3 is 29.6 Å². The van der Waals surface area contributed by atoms with Gasteiger partial charge in [-0.2, -0.15) is 18.2 Å². The fourth-order valence-electron chi connectivity index (χ4n) is 3.70. The van der Waals surface area contributed by atoms with Gasteiger partial charge in [-0.25, -0.2) is 12.1 Å². The zero-order chi connectivity index (χ0) is 15.5. The van der Waals surface area contributed by atoms with Crippen LogP contribution in [0.1, 0.15) is 62.3 Å². The maximum Gasteiger partial charge on any atom is 3.00 e. The van der Waals surface area contributed by atoms with Crippen molar-refractivity contribution in [3.8, 4) is 0 Å². The average molecular weight is 400 g/mol. The summed E-state index contributed by atoms with van der Waals surface area (Å²) >= 11 is 0. The predicted molar refractivity (Wildman–Crippen MR) is 89.2 cm³/mol. The fraction of sp³-hybridized carbons (Fsp3) is 0.706. The Morgan fingerprint density at radius 1 is 0.682 bits per heavy atom. The maximum absolute atomic E-state index is 11.2. The predicted octanol–water partition coefficient (Wildman–Crippen LogP) is -0.264. The quantitative estimate of drug-likeness (QED) is 0.470. The number of hydrogen-bond acceptors (Lipinski definition) is 1. The van der Waals surface area contributed by atoms with Gasteiger partial charge >= 0.3 is 21.7 Å². The van der Waals surface area contributed by atoms with Crippen LogP contribution in [-0.2, 0) is 21.7 Å². The van der Waals surface area contributed by atoms with Crippen molar-refractivity contribution in [2.75, 3.05) is 0 Å². The van der Waals surface area contributed by atoms with Crippen LogP contribution in [0.15, 0.2) is 30.3 Å². The Kier molecular flexibility index (Phi) is 14.8. The summed E-state index contributed by atoms with van der Waals surface area (Å²) in [4.78, 5) is 11.2. The molecule has 0 aliphatic carbocycles. The van der Waals surface area contributed by atoms with E-state index in [1.165, 1.54) is 0 Å². The average Bonchev–Trinajstić information content (AvgIpc) is 2.68. The molecule has 0 aliphatic rings. The molecule has 0 saturated heterocycles. The van der Waals surface area contributed by atoms with E-state index in [1.54, 1.807) is 0 Å². The SMILES string of the molecule is CC(C)(C)[Si](O)(C(C)(C)C)C(C)(C)C.[Cl-].[Cl-].[Ti+3].c1cc[cH-]c1. The van der Waals surface area contributed by atoms with Gasteiger partial charge in [0, 0.05) is 0 Å². The van der Waals surface area contributed by atoms with E-state index >= 15 is 0 Å². The van der Waals surface area contributed by atoms with Crippen molar-refractivity contribution in [3.05, 3.63) is 30.3 Å². The minimum Gasteiger partial charge on any atom is -1.00 e. The Balaban J connectivity index is -0.000000173. The smallest absolute Gasteiger partial charge is 1.00 e. The molecular weight excluding hydrogens is 367 g/mol. The molecule has 0 amide bonds. The van der Waals surface area contributed by atoms with Crippen molar-refractivity contribution in [1.29, 1.82) is 0 Å². The molecule has 0 aromatic heterocycles. The standard InChI is InChI=1S/C12H28OSi.C5H5.2ClH.Ti/c1-10(2,3)14(13,11(4,5)6)12(7,8)9;1-2-4-5-3-1;;;/h13H,1-9H3;1-5H;2*1H;/q;-1;;;+3/p-2. The van der Waals surface area contributed by atoms with Gasteiger partial charge in [-0.05, 0) is 15.1 Å². The third-order valence-corrected chi connectivity index (χ3v) is 10.3. The van der Waals surface area contributed by atoms with E-state index in [9.17, 15) is 4.80 Å². The summed E-state index contributed by atoms with van der Waals surface area (Å²) in [5.41, 5.74) is 0. The van der Waals surface area contributed by atoms with Crippen LogP contribution in [0.4, 0.5) is 0 Å². The van der Waals surface area contributed by atoms with Crippen molar-refractivity contribution in [2.45, 2.75) is 77.4 Å². The molecule has 1 nitrogen and oxygen atoms in total. The Labute approximate surface area is 166 Å². The second-order valence-electron chi connectivity index (χ2n) is 8.42. The van der Waals surface area contributed by atoms with E-state index in [1.807, 2.05) is 30.3 Å². The molecule has 1 aromatic rings. The molecule has 0 saturated carbocycles. The molecular formula is C17H33Cl2OSiTi. The second kappa shape index (κ2) is 10.6. The molecule has 0 heterocycles. The van der Waals surface area contributed by atoms with E-state index in [4.69, 9.17) is 0 Å². The first-order valence-corrected chi connectivity index (χ1v) is 9.09. The van der Waals surface area contributed by atoms with E-state index in [0.717, 1.165) is 0 Å². The van der Waals surface area contributed by atoms with E-state index in [0.29, 0.717) is 0 Å². The molecule has 1 aromatic carbocycles. The summed E-state index contributed by atoms with van der Waals surface area (Å²) in [6.45, 7) is 19.6. The van der Waals surface area contributed by atoms with Gasteiger partial charge in [0.15, 0.2) is 0 Å². The van der Waals surface area contributed by atoms with E-state index < -0.39 is 8.32 Å². The van der Waals surface area contributed by atoms with Gasteiger partial charge in [0.1, 0.15) is 0 Å². The second-order valence-corrected chi connectivity index (χ2v) is 14.3. The summed E-state index contributed by atoms with van der Waals surface area (Å²) in [5.74, 6) is 0. The first-order valence-electron chi connectivity index (χ1n) is 7.14. The molecule has 5 heteroatoms. The van der Waals surface area contributed by atoms with Gasteiger partial charge in [-0.3, -0.25) is 0 Å². The minimum atomic E-state index is -2.35. The summed E-state index contributed by atoms with van der Waals surface area (Å²) in [7, 11) is -2.35. The van der Waals surface area contributed by atoms with Gasteiger partial charge in [0.2, 0.25) is 8.32 Å². The molecule has 0 fully saturated rings. The van der Waals surface area contributed by atoms with Crippen molar-refractivity contribution in [3.63, 3.8) is 0 Å². The van der Waals surface area contributed by atoms with Gasteiger partial charge in [0.05, 0.1) is 0 Å². The number of hydrogen-bond donors (Lipinski definition) is 1. The van der Waals surface area contributed by atoms with Crippen LogP contribution in [0.25, 0.3) is 0 Å². The number of halogens is 2. The number of rotatable bonds is 0. The third-order valence-electron chi connectivity index (χ3n) is 3.81. The van der Waals surface area contributed by atoms with Crippen molar-refractivity contribution >= 4 is 8.32 Å². The zero-order valence-corrected chi connectivity index (χ0v) is 19.7. The Bertz CT molecular complexity index is 306. The third kappa shape index (κ3) is 7.59. The largest absolute Gasteiger partial charge is 3.00 e. The van der Waals surface area contributed by atoms with Crippen molar-refractivity contribution < 1.29 is 51.3 Å². The summed E-state index contributed by atoms with van der Waals surface area (Å²) in [5, 5.41) is 0.0521. The molecule has 129 valence electrons. The molecule has 0 unspecified atom stereocenters. The van der Waals surface area contributed by atoms with Gasteiger partial charge in [0.25, 0.3) is 0 Å². The zero-order valence-electron chi connectivity index (χ0n) is 15.6. The molecule has 0 atom stereocenters. The van der Waals surface area contributed by atoms with Gasteiger partial charge in [-0.1, -0.05) is 62.3 Å². The molecule has 1 radical (unpaired) electrons. The Morgan fingerprint density at radius 3 is 0.955 bits per heavy atom. The van der Waals surface area contributed by atoms with Crippen molar-refractivity contribution in [2.24, 2.45) is 0 Å². The van der Waals surface area contributed by atoms with E-state index in [2.05, 4.69) is 62.3 Å². The Morgan fingerprint density at radius 2 is 0.909 bits per heavy atom. The van der Waals surface area contributed by atoms with E-state index in [-0.39, 0.29) is 61.6 Å². The Hall–Kier alpha value is 0.821. The van der Waals surface area contributed by atoms with Crippen LogP contribution in [-0.4, -0.2) is 13.1 Å². The van der Waals surface area contributed by atoms with Crippen LogP contribution < -0.4 is 24.8 Å². The molecule has 0 spiro atoms. The maximum atomic E-state index is 11.2. The van der Waals surface area contributed by atoms with Crippen LogP contribution in [0.5, 0.6) is 0 Å². The van der Waals surface area contributed by atoms with Crippen LogP contribution in [0.2, 0.25) is 15.1 Å². The van der Waals surface area contributed by atoms with Gasteiger partial charge in [-0.15, -0.1) is 0 Å². The molecule has 1 rings (SSSR count). The fourth-order valence-corrected chi connectivity index (χ4v) is 10.4. The first-order chi connectivity index (χ1) is 8.25. The molecule has 0 aliphatic heterocycles. The van der Waals surface area contributed by atoms with Crippen LogP contribution in [0.3, 0.4) is 0 Å². The van der Waals surface area contributed by atoms with Crippen LogP contribution >= 0.6 is 0 Å². The molecule has 22 heavy (non-hydrogen) atoms. The first kappa shape index (κ1) is 30.7. The van der Waals surface area contributed by atoms with Crippen LogP contribution in [0, 0.1) is 0 Å². The normalized spacial score (nSPS) is 11.9. The summed E-state index contributed by atoms with van der Waals surface area (Å²) in [6, 6.07) is 10.0. The summed E-state index contributed by atoms with van der Waals surface area (Å²) < 4.78 is 0. The minimum absolute atomic E-state index is 0. The van der Waals surface area contributed by atoms with Crippen molar-refractivity contribution in [1.82, 2.24) is 0 Å².